The van der Waals surface area contributed by atoms with Crippen LogP contribution in [0, 0.1) is 0 Å². The Bertz CT molecular complexity index is 247. The van der Waals surface area contributed by atoms with Crippen LogP contribution in [0.1, 0.15) is 37.5 Å². The van der Waals surface area contributed by atoms with Gasteiger partial charge in [-0.3, -0.25) is 0 Å². The Kier molecular flexibility index (Phi) is 6.48. The van der Waals surface area contributed by atoms with Crippen molar-refractivity contribution in [3.05, 3.63) is 20.8 Å². The fourth-order valence-corrected chi connectivity index (χ4v) is 2.63. The van der Waals surface area contributed by atoms with Gasteiger partial charge in [-0.05, 0) is 33.8 Å². The monoisotopic (exact) mass is 276 g/mol. The van der Waals surface area contributed by atoms with Crippen LogP contribution in [0.3, 0.4) is 0 Å². The van der Waals surface area contributed by atoms with Crippen molar-refractivity contribution in [1.82, 2.24) is 0 Å². The lowest BCUT2D eigenvalue weighted by Gasteiger charge is -2.02. The van der Waals surface area contributed by atoms with Crippen LogP contribution in [-0.2, 0) is 11.3 Å². The number of halogens is 1. The molecular formula is C11H17BrOS. The molecule has 0 spiro atoms. The van der Waals surface area contributed by atoms with Crippen LogP contribution in [-0.4, -0.2) is 6.61 Å². The largest absolute Gasteiger partial charge is 0.376 e. The van der Waals surface area contributed by atoms with Crippen LogP contribution >= 0.6 is 27.3 Å². The van der Waals surface area contributed by atoms with E-state index in [0.29, 0.717) is 0 Å². The number of unbranched alkanes of at least 4 members (excludes halogenated alkanes) is 3. The number of hydrogen-bond acceptors (Lipinski definition) is 2. The summed E-state index contributed by atoms with van der Waals surface area (Å²) < 4.78 is 6.76. The Morgan fingerprint density at radius 2 is 2.21 bits per heavy atom. The van der Waals surface area contributed by atoms with Crippen LogP contribution in [0.5, 0.6) is 0 Å². The smallest absolute Gasteiger partial charge is 0.0820 e. The molecule has 1 aromatic rings. The van der Waals surface area contributed by atoms with Crippen LogP contribution in [0.15, 0.2) is 15.9 Å². The summed E-state index contributed by atoms with van der Waals surface area (Å²) in [4.78, 5) is 1.29. The molecule has 0 radical (unpaired) electrons. The fourth-order valence-electron chi connectivity index (χ4n) is 1.22. The molecule has 0 fully saturated rings. The third-order valence-corrected chi connectivity index (χ3v) is 3.97. The first-order valence-corrected chi connectivity index (χ1v) is 6.81. The maximum absolute atomic E-state index is 5.59. The SMILES string of the molecule is CCCCCCOCc1sccc1Br. The lowest BCUT2D eigenvalue weighted by molar-refractivity contribution is 0.118. The Labute approximate surface area is 98.6 Å². The van der Waals surface area contributed by atoms with Gasteiger partial charge < -0.3 is 4.74 Å². The van der Waals surface area contributed by atoms with E-state index in [1.807, 2.05) is 0 Å². The minimum Gasteiger partial charge on any atom is -0.376 e. The lowest BCUT2D eigenvalue weighted by Crippen LogP contribution is -1.94. The van der Waals surface area contributed by atoms with Crippen molar-refractivity contribution in [1.29, 1.82) is 0 Å². The molecule has 0 aliphatic heterocycles. The standard InChI is InChI=1S/C11H17BrOS/c1-2-3-4-5-7-13-9-11-10(12)6-8-14-11/h6,8H,2-5,7,9H2,1H3. The molecule has 0 aliphatic rings. The highest BCUT2D eigenvalue weighted by Gasteiger charge is 2.00. The Balaban J connectivity index is 2.02. The van der Waals surface area contributed by atoms with E-state index in [1.165, 1.54) is 35.0 Å². The van der Waals surface area contributed by atoms with Gasteiger partial charge in [0, 0.05) is 16.0 Å². The second-order valence-electron chi connectivity index (χ2n) is 3.30. The van der Waals surface area contributed by atoms with Crippen molar-refractivity contribution in [2.75, 3.05) is 6.61 Å². The predicted molar refractivity (Wildman–Crippen MR) is 65.8 cm³/mol. The Hall–Kier alpha value is 0.140. The third-order valence-electron chi connectivity index (χ3n) is 2.07. The van der Waals surface area contributed by atoms with Crippen LogP contribution in [0.2, 0.25) is 0 Å². The van der Waals surface area contributed by atoms with Crippen molar-refractivity contribution in [2.45, 2.75) is 39.2 Å². The molecule has 0 saturated heterocycles. The molecule has 0 aromatic carbocycles. The van der Waals surface area contributed by atoms with Gasteiger partial charge in [-0.2, -0.15) is 0 Å². The van der Waals surface area contributed by atoms with Gasteiger partial charge >= 0.3 is 0 Å². The first-order valence-electron chi connectivity index (χ1n) is 5.14. The normalized spacial score (nSPS) is 10.7. The van der Waals surface area contributed by atoms with E-state index in [9.17, 15) is 0 Å². The number of hydrogen-bond donors (Lipinski definition) is 0. The van der Waals surface area contributed by atoms with Crippen LogP contribution in [0.25, 0.3) is 0 Å². The minimum absolute atomic E-state index is 0.754. The molecule has 14 heavy (non-hydrogen) atoms. The Morgan fingerprint density at radius 1 is 1.36 bits per heavy atom. The predicted octanol–water partition coefficient (Wildman–Crippen LogP) is 4.61. The summed E-state index contributed by atoms with van der Waals surface area (Å²) in [6, 6.07) is 2.07. The molecule has 0 saturated carbocycles. The highest BCUT2D eigenvalue weighted by Crippen LogP contribution is 2.23. The minimum atomic E-state index is 0.754. The van der Waals surface area contributed by atoms with E-state index in [4.69, 9.17) is 4.74 Å². The van der Waals surface area contributed by atoms with E-state index in [-0.39, 0.29) is 0 Å². The molecule has 1 rings (SSSR count). The first-order chi connectivity index (χ1) is 6.84. The van der Waals surface area contributed by atoms with Crippen molar-refractivity contribution in [3.8, 4) is 0 Å². The summed E-state index contributed by atoms with van der Waals surface area (Å²) in [7, 11) is 0. The molecule has 1 heterocycles. The average molecular weight is 277 g/mol. The highest BCUT2D eigenvalue weighted by atomic mass is 79.9. The second kappa shape index (κ2) is 7.43. The zero-order valence-electron chi connectivity index (χ0n) is 8.59. The first kappa shape index (κ1) is 12.2. The summed E-state index contributed by atoms with van der Waals surface area (Å²) in [6.45, 7) is 3.87. The van der Waals surface area contributed by atoms with Crippen LogP contribution in [0.4, 0.5) is 0 Å². The molecule has 0 aliphatic carbocycles. The summed E-state index contributed by atoms with van der Waals surface area (Å²) >= 11 is 5.24. The van der Waals surface area contributed by atoms with Gasteiger partial charge in [0.25, 0.3) is 0 Å². The maximum atomic E-state index is 5.59. The number of thiophene rings is 1. The van der Waals surface area contributed by atoms with E-state index in [2.05, 4.69) is 34.3 Å². The number of rotatable bonds is 7. The zero-order chi connectivity index (χ0) is 10.2. The molecule has 0 amide bonds. The van der Waals surface area contributed by atoms with Crippen molar-refractivity contribution < 1.29 is 4.74 Å². The third kappa shape index (κ3) is 4.58. The van der Waals surface area contributed by atoms with Crippen LogP contribution < -0.4 is 0 Å². The molecular weight excluding hydrogens is 260 g/mol. The summed E-state index contributed by atoms with van der Waals surface area (Å²) in [6.07, 6.45) is 5.10. The molecule has 80 valence electrons. The molecule has 0 N–H and O–H groups in total. The van der Waals surface area contributed by atoms with Gasteiger partial charge in [-0.25, -0.2) is 0 Å². The summed E-state index contributed by atoms with van der Waals surface area (Å²) in [5.41, 5.74) is 0. The highest BCUT2D eigenvalue weighted by molar-refractivity contribution is 9.10. The van der Waals surface area contributed by atoms with E-state index in [1.54, 1.807) is 11.3 Å². The number of ether oxygens (including phenoxy) is 1. The molecule has 0 bridgehead atoms. The van der Waals surface area contributed by atoms with Gasteiger partial charge in [0.2, 0.25) is 0 Å². The quantitative estimate of drug-likeness (QED) is 0.661. The van der Waals surface area contributed by atoms with Gasteiger partial charge in [-0.1, -0.05) is 26.2 Å². The summed E-state index contributed by atoms with van der Waals surface area (Å²) in [5.74, 6) is 0. The summed E-state index contributed by atoms with van der Waals surface area (Å²) in [5, 5.41) is 2.08. The zero-order valence-corrected chi connectivity index (χ0v) is 11.0. The van der Waals surface area contributed by atoms with E-state index in [0.717, 1.165) is 13.2 Å². The topological polar surface area (TPSA) is 9.23 Å². The van der Waals surface area contributed by atoms with Crippen molar-refractivity contribution >= 4 is 27.3 Å². The molecule has 3 heteroatoms. The van der Waals surface area contributed by atoms with Gasteiger partial charge in [0.1, 0.15) is 0 Å². The molecule has 1 nitrogen and oxygen atoms in total. The lowest BCUT2D eigenvalue weighted by atomic mass is 10.2. The fraction of sp³-hybridized carbons (Fsp3) is 0.636. The van der Waals surface area contributed by atoms with E-state index < -0.39 is 0 Å². The van der Waals surface area contributed by atoms with Gasteiger partial charge in [0.05, 0.1) is 6.61 Å². The van der Waals surface area contributed by atoms with Gasteiger partial charge in [0.15, 0.2) is 0 Å². The van der Waals surface area contributed by atoms with Crippen molar-refractivity contribution in [2.24, 2.45) is 0 Å². The molecule has 0 unspecified atom stereocenters. The van der Waals surface area contributed by atoms with E-state index >= 15 is 0 Å². The molecule has 0 atom stereocenters. The Morgan fingerprint density at radius 3 is 2.86 bits per heavy atom. The van der Waals surface area contributed by atoms with Crippen molar-refractivity contribution in [3.63, 3.8) is 0 Å². The molecule has 1 aromatic heterocycles. The van der Waals surface area contributed by atoms with Gasteiger partial charge in [-0.15, -0.1) is 11.3 Å². The maximum Gasteiger partial charge on any atom is 0.0820 e. The second-order valence-corrected chi connectivity index (χ2v) is 5.16. The average Bonchev–Trinajstić information content (AvgIpc) is 2.58.